The Kier molecular flexibility index (Phi) is 3.25. The summed E-state index contributed by atoms with van der Waals surface area (Å²) in [5.74, 6) is -0.686. The lowest BCUT2D eigenvalue weighted by molar-refractivity contribution is -0.116. The molecule has 1 amide bonds. The standard InChI is InChI=1S/C19H16N6O/c20-8-11-5-6-15-13(7-11)16(19(26)23-15)17-14-9-25(12-3-1-2-4-12)24-18(14)22-10-21-17/h5-7,9-10,12,16H,1-4H2,(H,23,26). The lowest BCUT2D eigenvalue weighted by Crippen LogP contribution is -2.15. The van der Waals surface area contributed by atoms with Crippen molar-refractivity contribution in [2.75, 3.05) is 5.32 Å². The average molecular weight is 344 g/mol. The van der Waals surface area contributed by atoms with Gasteiger partial charge in [-0.15, -0.1) is 0 Å². The summed E-state index contributed by atoms with van der Waals surface area (Å²) in [5.41, 5.74) is 3.29. The summed E-state index contributed by atoms with van der Waals surface area (Å²) < 4.78 is 1.98. The summed E-state index contributed by atoms with van der Waals surface area (Å²) in [4.78, 5) is 21.4. The van der Waals surface area contributed by atoms with Crippen LogP contribution in [0.5, 0.6) is 0 Å². The second kappa shape index (κ2) is 5.63. The molecule has 26 heavy (non-hydrogen) atoms. The maximum absolute atomic E-state index is 12.7. The Morgan fingerprint density at radius 2 is 2.08 bits per heavy atom. The van der Waals surface area contributed by atoms with Crippen LogP contribution < -0.4 is 5.32 Å². The molecule has 5 rings (SSSR count). The van der Waals surface area contributed by atoms with E-state index in [0.29, 0.717) is 22.9 Å². The molecule has 1 aromatic carbocycles. The minimum atomic E-state index is -0.551. The summed E-state index contributed by atoms with van der Waals surface area (Å²) in [6, 6.07) is 7.76. The molecule has 2 aromatic heterocycles. The Hall–Kier alpha value is -3.27. The first-order valence-electron chi connectivity index (χ1n) is 8.79. The molecule has 1 atom stereocenters. The Labute approximate surface area is 149 Å². The maximum Gasteiger partial charge on any atom is 0.238 e. The average Bonchev–Trinajstić information content (AvgIpc) is 3.38. The minimum Gasteiger partial charge on any atom is -0.325 e. The molecule has 1 aliphatic carbocycles. The van der Waals surface area contributed by atoms with Gasteiger partial charge in [-0.1, -0.05) is 12.8 Å². The molecule has 1 N–H and O–H groups in total. The Morgan fingerprint density at radius 1 is 1.23 bits per heavy atom. The van der Waals surface area contributed by atoms with Gasteiger partial charge in [-0.2, -0.15) is 10.4 Å². The fourth-order valence-electron chi connectivity index (χ4n) is 4.06. The van der Waals surface area contributed by atoms with Crippen molar-refractivity contribution in [1.29, 1.82) is 5.26 Å². The summed E-state index contributed by atoms with van der Waals surface area (Å²) in [6.45, 7) is 0. The van der Waals surface area contributed by atoms with Crippen molar-refractivity contribution >= 4 is 22.6 Å². The van der Waals surface area contributed by atoms with Crippen LogP contribution in [0.15, 0.2) is 30.7 Å². The molecule has 0 saturated heterocycles. The molecule has 0 radical (unpaired) electrons. The lowest BCUT2D eigenvalue weighted by Gasteiger charge is -2.09. The van der Waals surface area contributed by atoms with Crippen LogP contribution in [0.25, 0.3) is 11.0 Å². The number of carbonyl (C=O) groups excluding carboxylic acids is 1. The van der Waals surface area contributed by atoms with E-state index in [0.717, 1.165) is 29.5 Å². The molecule has 3 heterocycles. The number of benzene rings is 1. The first-order valence-corrected chi connectivity index (χ1v) is 8.79. The van der Waals surface area contributed by atoms with Crippen LogP contribution in [0.3, 0.4) is 0 Å². The number of fused-ring (bicyclic) bond motifs is 2. The van der Waals surface area contributed by atoms with Gasteiger partial charge in [-0.3, -0.25) is 9.48 Å². The van der Waals surface area contributed by atoms with Crippen molar-refractivity contribution in [3.63, 3.8) is 0 Å². The van der Waals surface area contributed by atoms with Gasteiger partial charge in [0.2, 0.25) is 5.91 Å². The predicted molar refractivity (Wildman–Crippen MR) is 94.5 cm³/mol. The molecule has 0 bridgehead atoms. The number of nitriles is 1. The molecule has 1 saturated carbocycles. The van der Waals surface area contributed by atoms with E-state index in [1.165, 1.54) is 19.2 Å². The van der Waals surface area contributed by atoms with Crippen LogP contribution in [0, 0.1) is 11.3 Å². The highest BCUT2D eigenvalue weighted by atomic mass is 16.2. The first-order chi connectivity index (χ1) is 12.7. The van der Waals surface area contributed by atoms with E-state index >= 15 is 0 Å². The number of rotatable bonds is 2. The topological polar surface area (TPSA) is 96.5 Å². The van der Waals surface area contributed by atoms with Gasteiger partial charge in [0.05, 0.1) is 28.8 Å². The van der Waals surface area contributed by atoms with Gasteiger partial charge < -0.3 is 5.32 Å². The number of amides is 1. The van der Waals surface area contributed by atoms with Crippen molar-refractivity contribution in [3.05, 3.63) is 47.5 Å². The van der Waals surface area contributed by atoms with E-state index in [4.69, 9.17) is 0 Å². The minimum absolute atomic E-state index is 0.135. The molecule has 2 aliphatic rings. The molecule has 7 nitrogen and oxygen atoms in total. The molecule has 1 aliphatic heterocycles. The molecular formula is C19H16N6O. The second-order valence-corrected chi connectivity index (χ2v) is 6.88. The third-order valence-electron chi connectivity index (χ3n) is 5.35. The number of nitrogens with one attached hydrogen (secondary N) is 1. The van der Waals surface area contributed by atoms with Crippen molar-refractivity contribution in [2.45, 2.75) is 37.6 Å². The number of anilines is 1. The van der Waals surface area contributed by atoms with Gasteiger partial charge in [-0.05, 0) is 36.6 Å². The number of nitrogens with zero attached hydrogens (tertiary/aromatic N) is 5. The molecular weight excluding hydrogens is 328 g/mol. The molecule has 0 spiro atoms. The van der Waals surface area contributed by atoms with Crippen molar-refractivity contribution in [1.82, 2.24) is 19.7 Å². The summed E-state index contributed by atoms with van der Waals surface area (Å²) >= 11 is 0. The normalized spacial score (nSPS) is 19.5. The van der Waals surface area contributed by atoms with Crippen LogP contribution >= 0.6 is 0 Å². The molecule has 128 valence electrons. The second-order valence-electron chi connectivity index (χ2n) is 6.88. The highest BCUT2D eigenvalue weighted by molar-refractivity contribution is 6.06. The van der Waals surface area contributed by atoms with Gasteiger partial charge >= 0.3 is 0 Å². The van der Waals surface area contributed by atoms with Gasteiger partial charge in [0.25, 0.3) is 0 Å². The summed E-state index contributed by atoms with van der Waals surface area (Å²) in [5, 5.41) is 17.5. The Bertz CT molecular complexity index is 1070. The monoisotopic (exact) mass is 344 g/mol. The molecule has 1 fully saturated rings. The predicted octanol–water partition coefficient (Wildman–Crippen LogP) is 2.90. The van der Waals surface area contributed by atoms with E-state index in [1.54, 1.807) is 18.2 Å². The van der Waals surface area contributed by atoms with E-state index in [2.05, 4.69) is 26.5 Å². The van der Waals surface area contributed by atoms with Gasteiger partial charge in [0.1, 0.15) is 12.2 Å². The molecule has 1 unspecified atom stereocenters. The largest absolute Gasteiger partial charge is 0.325 e. The van der Waals surface area contributed by atoms with Crippen LogP contribution in [-0.2, 0) is 4.79 Å². The van der Waals surface area contributed by atoms with Gasteiger partial charge in [0.15, 0.2) is 5.65 Å². The van der Waals surface area contributed by atoms with Gasteiger partial charge in [0, 0.05) is 11.9 Å². The zero-order valence-corrected chi connectivity index (χ0v) is 14.0. The molecule has 3 aromatic rings. The van der Waals surface area contributed by atoms with E-state index < -0.39 is 5.92 Å². The summed E-state index contributed by atoms with van der Waals surface area (Å²) in [6.07, 6.45) is 8.11. The van der Waals surface area contributed by atoms with Crippen LogP contribution in [0.4, 0.5) is 5.69 Å². The fourth-order valence-corrected chi connectivity index (χ4v) is 4.06. The zero-order chi connectivity index (χ0) is 17.7. The Morgan fingerprint density at radius 3 is 2.88 bits per heavy atom. The number of carbonyl (C=O) groups is 1. The van der Waals surface area contributed by atoms with Crippen LogP contribution in [-0.4, -0.2) is 25.7 Å². The summed E-state index contributed by atoms with van der Waals surface area (Å²) in [7, 11) is 0. The van der Waals surface area contributed by atoms with E-state index in [9.17, 15) is 10.1 Å². The van der Waals surface area contributed by atoms with E-state index in [-0.39, 0.29) is 5.91 Å². The van der Waals surface area contributed by atoms with Crippen molar-refractivity contribution in [2.24, 2.45) is 0 Å². The van der Waals surface area contributed by atoms with Crippen molar-refractivity contribution < 1.29 is 4.79 Å². The third kappa shape index (κ3) is 2.19. The highest BCUT2D eigenvalue weighted by Gasteiger charge is 2.35. The third-order valence-corrected chi connectivity index (χ3v) is 5.35. The van der Waals surface area contributed by atoms with Gasteiger partial charge in [-0.25, -0.2) is 9.97 Å². The number of hydrogen-bond donors (Lipinski definition) is 1. The number of hydrogen-bond acceptors (Lipinski definition) is 5. The van der Waals surface area contributed by atoms with Crippen LogP contribution in [0.1, 0.15) is 54.5 Å². The van der Waals surface area contributed by atoms with E-state index in [1.807, 2.05) is 10.9 Å². The zero-order valence-electron chi connectivity index (χ0n) is 14.0. The fraction of sp³-hybridized carbons (Fsp3) is 0.316. The quantitative estimate of drug-likeness (QED) is 0.771. The Balaban J connectivity index is 1.66. The smallest absolute Gasteiger partial charge is 0.238 e. The van der Waals surface area contributed by atoms with Crippen molar-refractivity contribution in [3.8, 4) is 6.07 Å². The highest BCUT2D eigenvalue weighted by Crippen LogP contribution is 2.39. The maximum atomic E-state index is 12.7. The SMILES string of the molecule is N#Cc1ccc2c(c1)C(c1ncnc3nn(C4CCCC4)cc13)C(=O)N2. The lowest BCUT2D eigenvalue weighted by atomic mass is 9.94. The molecule has 7 heteroatoms. The van der Waals surface area contributed by atoms with Crippen LogP contribution in [0.2, 0.25) is 0 Å². The first kappa shape index (κ1) is 15.0. The number of aromatic nitrogens is 4.